The topological polar surface area (TPSA) is 210 Å². The van der Waals surface area contributed by atoms with Crippen LogP contribution >= 0.6 is 0 Å². The number of carbonyl (C=O) groups is 4. The number of ether oxygens (including phenoxy) is 6. The smallest absolute Gasteiger partial charge is 0.437 e. The van der Waals surface area contributed by atoms with Gasteiger partial charge in [-0.15, -0.1) is 20.2 Å². The molecule has 21 heteroatoms. The first kappa shape index (κ1) is 56.2. The van der Waals surface area contributed by atoms with Gasteiger partial charge in [0.05, 0.1) is 30.9 Å². The molecular formula is C51H69F2N9O10. The summed E-state index contributed by atoms with van der Waals surface area (Å²) in [7, 11) is 1.56. The largest absolute Gasteiger partial charge is 0.444 e. The predicted molar refractivity (Wildman–Crippen MR) is 268 cm³/mol. The first-order chi connectivity index (χ1) is 33.6. The molecule has 0 atom stereocenters. The Morgan fingerprint density at radius 1 is 0.597 bits per heavy atom. The summed E-state index contributed by atoms with van der Waals surface area (Å²) in [6.07, 6.45) is 1.15. The molecule has 0 unspecified atom stereocenters. The lowest BCUT2D eigenvalue weighted by molar-refractivity contribution is 0.0536. The maximum atomic E-state index is 16.4. The lowest BCUT2D eigenvalue weighted by atomic mass is 9.97. The summed E-state index contributed by atoms with van der Waals surface area (Å²) in [4.78, 5) is 62.4. The second-order valence-corrected chi connectivity index (χ2v) is 20.9. The number of guanidine groups is 2. The van der Waals surface area contributed by atoms with Gasteiger partial charge in [-0.25, -0.2) is 28.0 Å². The molecule has 3 heterocycles. The molecule has 392 valence electrons. The maximum Gasteiger partial charge on any atom is 0.437 e. The molecule has 0 saturated carbocycles. The molecular weight excluding hydrogens is 937 g/mol. The Bertz CT molecular complexity index is 2410. The summed E-state index contributed by atoms with van der Waals surface area (Å²) < 4.78 is 66.8. The molecule has 2 N–H and O–H groups in total. The molecule has 72 heavy (non-hydrogen) atoms. The minimum atomic E-state index is -0.888. The van der Waals surface area contributed by atoms with Gasteiger partial charge in [-0.1, -0.05) is 24.3 Å². The number of halogens is 2. The van der Waals surface area contributed by atoms with Crippen molar-refractivity contribution < 1.29 is 56.4 Å². The number of nitrogens with zero attached hydrogens (tertiary/aromatic N) is 7. The van der Waals surface area contributed by atoms with Crippen LogP contribution in [-0.4, -0.2) is 136 Å². The quantitative estimate of drug-likeness (QED) is 0.0839. The highest BCUT2D eigenvalue weighted by Crippen LogP contribution is 2.33. The van der Waals surface area contributed by atoms with Crippen LogP contribution in [0, 0.1) is 11.6 Å². The molecule has 2 aliphatic heterocycles. The fourth-order valence-electron chi connectivity index (χ4n) is 7.24. The number of aliphatic imine (C=N–C) groups is 2. The zero-order valence-electron chi connectivity index (χ0n) is 43.7. The first-order valence-electron chi connectivity index (χ1n) is 23.7. The second-order valence-electron chi connectivity index (χ2n) is 20.9. The van der Waals surface area contributed by atoms with E-state index in [1.54, 1.807) is 129 Å². The Balaban J connectivity index is 1.38. The molecule has 0 radical (unpaired) electrons. The van der Waals surface area contributed by atoms with E-state index in [9.17, 15) is 19.2 Å². The van der Waals surface area contributed by atoms with Gasteiger partial charge in [0, 0.05) is 39.8 Å². The van der Waals surface area contributed by atoms with Gasteiger partial charge in [0.15, 0.2) is 11.6 Å². The third kappa shape index (κ3) is 17.2. The van der Waals surface area contributed by atoms with Gasteiger partial charge in [-0.3, -0.25) is 10.6 Å². The number of hydrogen-bond donors (Lipinski definition) is 2. The van der Waals surface area contributed by atoms with E-state index < -0.39 is 58.4 Å². The monoisotopic (exact) mass is 1010 g/mol. The van der Waals surface area contributed by atoms with E-state index in [-0.39, 0.29) is 60.9 Å². The van der Waals surface area contributed by atoms with Crippen LogP contribution in [0.3, 0.4) is 0 Å². The van der Waals surface area contributed by atoms with Crippen molar-refractivity contribution in [3.63, 3.8) is 0 Å². The van der Waals surface area contributed by atoms with Crippen LogP contribution < -0.4 is 10.6 Å². The number of amides is 4. The molecule has 4 amide bonds. The van der Waals surface area contributed by atoms with E-state index in [2.05, 4.69) is 30.8 Å². The fourth-order valence-corrected chi connectivity index (χ4v) is 7.24. The van der Waals surface area contributed by atoms with Crippen molar-refractivity contribution in [2.75, 3.05) is 53.1 Å². The molecule has 2 aromatic carbocycles. The number of methoxy groups -OCH3 is 1. The van der Waals surface area contributed by atoms with Crippen LogP contribution in [0.1, 0.15) is 107 Å². The fraction of sp³-hybridized carbons (Fsp3) is 0.529. The van der Waals surface area contributed by atoms with E-state index in [4.69, 9.17) is 28.4 Å². The normalized spacial score (nSPS) is 15.1. The highest BCUT2D eigenvalue weighted by atomic mass is 19.1. The van der Waals surface area contributed by atoms with Crippen LogP contribution in [0.25, 0.3) is 33.9 Å². The highest BCUT2D eigenvalue weighted by Gasteiger charge is 2.28. The summed E-state index contributed by atoms with van der Waals surface area (Å²) in [6.45, 7) is 22.5. The van der Waals surface area contributed by atoms with E-state index >= 15 is 8.78 Å². The predicted octanol–water partition coefficient (Wildman–Crippen LogP) is 9.36. The minimum absolute atomic E-state index is 0.0472. The van der Waals surface area contributed by atoms with Crippen LogP contribution in [0.5, 0.6) is 0 Å². The number of carbonyl (C=O) groups excluding carboxylic acids is 4. The van der Waals surface area contributed by atoms with Crippen LogP contribution in [0.4, 0.5) is 28.0 Å². The minimum Gasteiger partial charge on any atom is -0.444 e. The molecule has 2 aliphatic rings. The molecule has 5 rings (SSSR count). The average molecular weight is 1010 g/mol. The zero-order chi connectivity index (χ0) is 53.2. The maximum absolute atomic E-state index is 16.4. The summed E-state index contributed by atoms with van der Waals surface area (Å²) in [5.41, 5.74) is -0.159. The molecule has 19 nitrogen and oxygen atoms in total. The molecule has 0 fully saturated rings. The number of alkyl carbamates (subject to hydrolysis) is 2. The second kappa shape index (κ2) is 23.7. The van der Waals surface area contributed by atoms with Crippen molar-refractivity contribution in [2.45, 2.75) is 125 Å². The van der Waals surface area contributed by atoms with Gasteiger partial charge in [0.25, 0.3) is 0 Å². The number of hydrogen-bond acceptors (Lipinski definition) is 12. The van der Waals surface area contributed by atoms with Crippen LogP contribution in [0.2, 0.25) is 0 Å². The van der Waals surface area contributed by atoms with Gasteiger partial charge in [-0.2, -0.15) is 0 Å². The Labute approximate surface area is 420 Å². The van der Waals surface area contributed by atoms with E-state index in [0.717, 1.165) is 11.1 Å². The molecule has 0 saturated heterocycles. The average Bonchev–Trinajstić information content (AvgIpc) is 3.66. The van der Waals surface area contributed by atoms with E-state index in [0.29, 0.717) is 50.3 Å². The number of rotatable bonds is 10. The SMILES string of the molecule is COCCOCCn1c(-c2ccc(C3=CCN(C(=NC(=O)OC(C)(C)C)NC(=O)OC(C)(C)C)CC3)cc2F)nnc1-c1ccc(C2=CCN(C(=NC(=O)OC(C)(C)C)NC(=O)OC(C)(C)C)CC2)cc1F. The Hall–Kier alpha value is -6.74. The Kier molecular flexibility index (Phi) is 18.5. The van der Waals surface area contributed by atoms with E-state index in [1.165, 1.54) is 12.1 Å². The van der Waals surface area contributed by atoms with Crippen molar-refractivity contribution in [3.8, 4) is 22.8 Å². The molecule has 0 bridgehead atoms. The third-order valence-corrected chi connectivity index (χ3v) is 10.2. The number of aromatic nitrogens is 3. The summed E-state index contributed by atoms with van der Waals surface area (Å²) >= 11 is 0. The molecule has 0 aliphatic carbocycles. The highest BCUT2D eigenvalue weighted by molar-refractivity contribution is 6.00. The van der Waals surface area contributed by atoms with Crippen molar-refractivity contribution in [3.05, 3.63) is 71.3 Å². The van der Waals surface area contributed by atoms with Crippen molar-refractivity contribution in [2.24, 2.45) is 9.98 Å². The Morgan fingerprint density at radius 2 is 1.00 bits per heavy atom. The van der Waals surface area contributed by atoms with Crippen LogP contribution in [-0.2, 0) is 35.0 Å². The third-order valence-electron chi connectivity index (χ3n) is 10.2. The summed E-state index contributed by atoms with van der Waals surface area (Å²) in [5.74, 6) is -0.962. The van der Waals surface area contributed by atoms with Gasteiger partial charge in [-0.05, 0) is 142 Å². The standard InChI is InChI=1S/C51H69F2N9O10/c1-48(2,3)69-44(63)54-42(55-45(64)70-49(4,5)6)60-22-18-32(19-23-60)34-14-16-36(38(52)30-34)40-58-59-41(62(40)26-27-68-29-28-67-13)37-17-15-35(31-39(37)53)33-20-24-61(25-21-33)43(56-46(65)71-50(7,8)9)57-47(66)72-51(10,11)12/h14-18,20,30-31H,19,21-29H2,1-13H3,(H,54,55,63,64)(H,56,57,65,66). The zero-order valence-corrected chi connectivity index (χ0v) is 43.7. The Morgan fingerprint density at radius 3 is 1.33 bits per heavy atom. The van der Waals surface area contributed by atoms with Gasteiger partial charge in [0.2, 0.25) is 11.9 Å². The van der Waals surface area contributed by atoms with Gasteiger partial charge >= 0.3 is 24.4 Å². The summed E-state index contributed by atoms with van der Waals surface area (Å²) in [6, 6.07) is 9.51. The molecule has 1 aromatic heterocycles. The number of benzene rings is 2. The molecule has 3 aromatic rings. The van der Waals surface area contributed by atoms with E-state index in [1.807, 2.05) is 12.2 Å². The first-order valence-corrected chi connectivity index (χ1v) is 23.7. The summed E-state index contributed by atoms with van der Waals surface area (Å²) in [5, 5.41) is 13.9. The lowest BCUT2D eigenvalue weighted by Gasteiger charge is -2.30. The molecule has 0 spiro atoms. The van der Waals surface area contributed by atoms with Crippen molar-refractivity contribution >= 4 is 47.4 Å². The van der Waals surface area contributed by atoms with Crippen LogP contribution in [0.15, 0.2) is 58.5 Å². The van der Waals surface area contributed by atoms with Gasteiger partial charge < -0.3 is 42.8 Å². The number of nitrogens with one attached hydrogen (secondary N) is 2. The lowest BCUT2D eigenvalue weighted by Crippen LogP contribution is -2.48. The van der Waals surface area contributed by atoms with Crippen molar-refractivity contribution in [1.82, 2.24) is 35.2 Å². The van der Waals surface area contributed by atoms with Gasteiger partial charge in [0.1, 0.15) is 34.0 Å². The van der Waals surface area contributed by atoms with Crippen molar-refractivity contribution in [1.29, 1.82) is 0 Å².